The summed E-state index contributed by atoms with van der Waals surface area (Å²) in [6, 6.07) is 8.98. The van der Waals surface area contributed by atoms with Crippen LogP contribution in [0.15, 0.2) is 109 Å². The third-order valence-electron chi connectivity index (χ3n) is 13.7. The van der Waals surface area contributed by atoms with Gasteiger partial charge in [-0.3, -0.25) is 9.59 Å². The molecule has 0 amide bonds. The fraction of sp³-hybridized carbons (Fsp3) is 0.581. The Morgan fingerprint density at radius 1 is 0.674 bits per heavy atom. The van der Waals surface area contributed by atoms with Crippen LogP contribution in [0.3, 0.4) is 0 Å². The van der Waals surface area contributed by atoms with Crippen LogP contribution in [0, 0.1) is 36.8 Å². The Hall–Kier alpha value is -0.0445. The molecule has 1 heterocycles. The van der Waals surface area contributed by atoms with Crippen LogP contribution in [0.25, 0.3) is 0 Å². The summed E-state index contributed by atoms with van der Waals surface area (Å²) in [6.45, 7) is 14.3. The van der Waals surface area contributed by atoms with Gasteiger partial charge in [0.05, 0.1) is 42.7 Å². The van der Waals surface area contributed by atoms with E-state index >= 15 is 0 Å². The predicted molar refractivity (Wildman–Crippen MR) is 326 cm³/mol. The molecule has 2 aromatic rings. The maximum Gasteiger partial charge on any atom is 0.457 e. The van der Waals surface area contributed by atoms with Gasteiger partial charge in [-0.2, -0.15) is 26.3 Å². The zero-order valence-electron chi connectivity index (χ0n) is 50.5. The standard InChI is InChI=1S/C30H39BF3O6.C26H32F3O6.C4H11BO2.CH3I.CH4.4Y/c1-3-5-17-31-39-27-20-28(40-31)26(25(27)13-8-6-7-9-14-29(36)37-18-4-2)16-15-23(35)21-38-24-12-10-11-22(19-24)30(32,33)34;1-2-14-34-25(33)11-6-4-3-5-10-21-22(24(32)16-23(21)31)13-12-19(30)17-35-20-9-7-8-18(15-20)26(27,28)29;1-2-3-4-5(6)7;1-2;;;;;/h2,4,6,8,10-12,15-16,19,23,25-28,35H,3,5,7,9,13-14,17-18,20-21H2,1H3;1-3,5,7-9,12-13,15,19,21-24,30-32H,4,6,10-11,14,16-17H2;6-7H,2-4H2,1H3;1H3;1H4;;;;/q2*-1;;;;;;;/b8-6-,16-15+;5-3-,13-12+;;;;;;;/t23-,25-,26-,27+,28-;19-,21-,22-,23?,24?;;;;;;;/m11......./s1. The number of rotatable bonds is 32. The van der Waals surface area contributed by atoms with Gasteiger partial charge in [0.15, 0.2) is 0 Å². The fourth-order valence-corrected chi connectivity index (χ4v) is 9.39. The summed E-state index contributed by atoms with van der Waals surface area (Å²) < 4.78 is 110. The second kappa shape index (κ2) is 55.0. The Kier molecular flexibility index (Phi) is 58.9. The number of aliphatic hydroxyl groups excluding tert-OH is 4. The Morgan fingerprint density at radius 3 is 1.55 bits per heavy atom. The third-order valence-corrected chi connectivity index (χ3v) is 13.7. The number of hydrogen-bond donors (Lipinski definition) is 6. The smallest absolute Gasteiger partial charge is 0.457 e. The van der Waals surface area contributed by atoms with Crippen molar-refractivity contribution in [3.8, 4) is 11.5 Å². The molecule has 490 valence electrons. The second-order valence-electron chi connectivity index (χ2n) is 20.2. The average molecular weight is 1680 g/mol. The summed E-state index contributed by atoms with van der Waals surface area (Å²) in [4.78, 5) is 25.0. The monoisotopic (exact) mass is 1680 g/mol. The number of carbonyl (C=O) groups is 2. The van der Waals surface area contributed by atoms with Gasteiger partial charge in [-0.05, 0) is 111 Å². The SMILES string of the molecule is C.CCCCB(O)O.CI.[CH-]=CCOC(=O)CCC/C=C\C[C@@H]1[C@@H](/C=C/[C@@H](O)COc2cccc(C(F)(F)F)c2)[C@H]2C[C@@H]1OB(CCCC)O2.[CH-]=CCOC(=O)CCC/C=C\C[C@H]1C(O)CC(O)[C@@H]1/C=C/[C@@H](O)COc1cccc(C(F)(F)F)c1.[Y].[Y].[Y].[Y]. The molecule has 0 aromatic heterocycles. The normalized spacial score (nSPS) is 20.7. The molecule has 1 aliphatic heterocycles. The zero-order chi connectivity index (χ0) is 62.5. The van der Waals surface area contributed by atoms with E-state index in [0.717, 1.165) is 75.5 Å². The molecular formula is C62H89B2F6IO14Y4-2. The van der Waals surface area contributed by atoms with E-state index in [0.29, 0.717) is 38.4 Å². The number of allylic oxidation sites excluding steroid dienone is 4. The number of carbonyl (C=O) groups excluding carboxylic acids is 2. The van der Waals surface area contributed by atoms with Gasteiger partial charge in [0.1, 0.15) is 36.9 Å². The summed E-state index contributed by atoms with van der Waals surface area (Å²) in [7, 11) is -1.35. The average Bonchev–Trinajstić information content (AvgIpc) is 4.16. The quantitative estimate of drug-likeness (QED) is 0.00588. The number of esters is 2. The minimum atomic E-state index is -4.49. The molecule has 27 heteroatoms. The molecule has 3 aliphatic rings. The molecule has 2 saturated carbocycles. The number of benzene rings is 2. The maximum absolute atomic E-state index is 13.0. The number of fused-ring (bicyclic) bond motifs is 2. The van der Waals surface area contributed by atoms with Crippen LogP contribution in [-0.2, 0) is 172 Å². The van der Waals surface area contributed by atoms with Gasteiger partial charge in [0, 0.05) is 168 Å². The van der Waals surface area contributed by atoms with Crippen LogP contribution in [0.4, 0.5) is 26.3 Å². The molecular weight excluding hydrogens is 1590 g/mol. The van der Waals surface area contributed by atoms with Crippen molar-refractivity contribution in [2.45, 2.75) is 173 Å². The van der Waals surface area contributed by atoms with Crippen molar-refractivity contribution < 1.29 is 225 Å². The molecule has 89 heavy (non-hydrogen) atoms. The molecule has 14 nitrogen and oxygen atoms in total. The molecule has 3 fully saturated rings. The van der Waals surface area contributed by atoms with E-state index in [1.807, 2.05) is 30.1 Å². The third kappa shape index (κ3) is 41.0. The summed E-state index contributed by atoms with van der Waals surface area (Å²) in [5, 5.41) is 57.8. The molecule has 2 bridgehead atoms. The van der Waals surface area contributed by atoms with Gasteiger partial charge in [0.25, 0.3) is 0 Å². The minimum Gasteiger partial charge on any atom is -0.515 e. The topological polar surface area (TPSA) is 211 Å². The Balaban J connectivity index is -0.000000684. The van der Waals surface area contributed by atoms with Crippen molar-refractivity contribution in [1.29, 1.82) is 0 Å². The largest absolute Gasteiger partial charge is 0.515 e. The number of hydrogen-bond acceptors (Lipinski definition) is 14. The summed E-state index contributed by atoms with van der Waals surface area (Å²) in [5.41, 5.74) is -1.65. The number of ether oxygens (including phenoxy) is 4. The molecule has 6 N–H and O–H groups in total. The van der Waals surface area contributed by atoms with Gasteiger partial charge < -0.3 is 71.9 Å². The molecule has 2 aromatic carbocycles. The number of halogens is 7. The van der Waals surface area contributed by atoms with E-state index in [-0.39, 0.29) is 238 Å². The summed E-state index contributed by atoms with van der Waals surface area (Å²) in [6.07, 6.45) is 15.3. The van der Waals surface area contributed by atoms with Gasteiger partial charge in [-0.15, -0.1) is 0 Å². The van der Waals surface area contributed by atoms with Crippen LogP contribution < -0.4 is 9.47 Å². The Bertz CT molecular complexity index is 2310. The zero-order valence-corrected chi connectivity index (χ0v) is 64.0. The van der Waals surface area contributed by atoms with Gasteiger partial charge in [-0.1, -0.05) is 130 Å². The first-order valence-electron chi connectivity index (χ1n) is 28.5. The molecule has 0 spiro atoms. The molecule has 1 saturated heterocycles. The van der Waals surface area contributed by atoms with E-state index in [9.17, 15) is 56.4 Å². The molecule has 10 atom stereocenters. The predicted octanol–water partition coefficient (Wildman–Crippen LogP) is 12.3. The summed E-state index contributed by atoms with van der Waals surface area (Å²) in [5.74, 6) is -1.09. The number of aliphatic hydroxyl groups is 4. The van der Waals surface area contributed by atoms with Crippen molar-refractivity contribution in [2.75, 3.05) is 31.4 Å². The van der Waals surface area contributed by atoms with E-state index in [1.54, 1.807) is 12.2 Å². The Morgan fingerprint density at radius 2 is 1.12 bits per heavy atom. The van der Waals surface area contributed by atoms with Gasteiger partial charge in [-0.25, -0.2) is 12.2 Å². The van der Waals surface area contributed by atoms with Gasteiger partial charge >= 0.3 is 38.5 Å². The second-order valence-corrected chi connectivity index (χ2v) is 20.2. The first kappa shape index (κ1) is 95.3. The first-order valence-corrected chi connectivity index (χ1v) is 30.7. The van der Waals surface area contributed by atoms with Crippen LogP contribution in [0.2, 0.25) is 12.6 Å². The van der Waals surface area contributed by atoms with Crippen molar-refractivity contribution in [1.82, 2.24) is 0 Å². The van der Waals surface area contributed by atoms with Crippen LogP contribution >= 0.6 is 22.6 Å². The van der Waals surface area contributed by atoms with E-state index in [1.165, 1.54) is 42.5 Å². The summed E-state index contributed by atoms with van der Waals surface area (Å²) >= 11 is 2.15. The van der Waals surface area contributed by atoms with Crippen LogP contribution in [0.5, 0.6) is 11.5 Å². The van der Waals surface area contributed by atoms with Crippen LogP contribution in [-0.4, -0.2) is 125 Å². The molecule has 4 radical (unpaired) electrons. The maximum atomic E-state index is 13.0. The molecule has 2 aliphatic carbocycles. The molecule has 2 unspecified atom stereocenters. The van der Waals surface area contributed by atoms with Crippen molar-refractivity contribution >= 4 is 48.8 Å². The first-order chi connectivity index (χ1) is 40.1. The number of alkyl halides is 7. The minimum absolute atomic E-state index is 0. The fourth-order valence-electron chi connectivity index (χ4n) is 9.39. The van der Waals surface area contributed by atoms with Crippen molar-refractivity contribution in [2.24, 2.45) is 23.7 Å². The van der Waals surface area contributed by atoms with Crippen LogP contribution in [0.1, 0.15) is 122 Å². The van der Waals surface area contributed by atoms with Crippen molar-refractivity contribution in [3.05, 3.63) is 134 Å². The number of unbranched alkanes of at least 4 members (excludes halogenated alkanes) is 4. The van der Waals surface area contributed by atoms with E-state index < -0.39 is 60.9 Å². The van der Waals surface area contributed by atoms with Gasteiger partial charge in [0.2, 0.25) is 0 Å². The van der Waals surface area contributed by atoms with Crippen molar-refractivity contribution in [3.63, 3.8) is 0 Å². The van der Waals surface area contributed by atoms with E-state index in [4.69, 9.17) is 51.5 Å². The van der Waals surface area contributed by atoms with E-state index in [2.05, 4.69) is 41.7 Å². The Labute approximate surface area is 639 Å². The molecule has 5 rings (SSSR count).